The number of rotatable bonds is 10. The van der Waals surface area contributed by atoms with Crippen molar-refractivity contribution in [2.24, 2.45) is 0 Å². The number of carbonyl (C=O) groups is 2. The molecule has 2 saturated heterocycles. The fraction of sp³-hybridized carbons (Fsp3) is 0.357. The number of aliphatic hydroxyl groups is 1. The van der Waals surface area contributed by atoms with Gasteiger partial charge in [-0.05, 0) is 48.9 Å². The van der Waals surface area contributed by atoms with Crippen LogP contribution in [-0.4, -0.2) is 79.2 Å². The Bertz CT molecular complexity index is 1120. The molecule has 4 rings (SSSR count). The van der Waals surface area contributed by atoms with Gasteiger partial charge in [-0.2, -0.15) is 0 Å². The Hall–Kier alpha value is -3.62. The smallest absolute Gasteiger partial charge is 0.295 e. The monoisotopic (exact) mass is 492 g/mol. The first-order chi connectivity index (χ1) is 17.5. The highest BCUT2D eigenvalue weighted by atomic mass is 16.5. The first-order valence-electron chi connectivity index (χ1n) is 12.2. The summed E-state index contributed by atoms with van der Waals surface area (Å²) in [6, 6.07) is 13.3. The molecule has 1 atom stereocenters. The summed E-state index contributed by atoms with van der Waals surface area (Å²) in [5.74, 6) is -0.299. The molecule has 0 aromatic heterocycles. The molecule has 0 bridgehead atoms. The number of ether oxygens (including phenoxy) is 3. The molecule has 2 aliphatic rings. The number of nitrogens with zero attached hydrogens (tertiary/aromatic N) is 2. The molecule has 0 saturated carbocycles. The second-order valence-corrected chi connectivity index (χ2v) is 8.58. The maximum absolute atomic E-state index is 13.3. The number of aliphatic hydroxyl groups excluding tert-OH is 1. The maximum atomic E-state index is 13.3. The molecule has 36 heavy (non-hydrogen) atoms. The van der Waals surface area contributed by atoms with Gasteiger partial charge in [0.15, 0.2) is 0 Å². The molecule has 0 radical (unpaired) electrons. The number of hydrogen-bond donors (Lipinski definition) is 1. The summed E-state index contributed by atoms with van der Waals surface area (Å²) in [6.45, 7) is 10.2. The van der Waals surface area contributed by atoms with Crippen molar-refractivity contribution in [1.82, 2.24) is 9.80 Å². The molecule has 2 aliphatic heterocycles. The van der Waals surface area contributed by atoms with Crippen LogP contribution < -0.4 is 9.47 Å². The van der Waals surface area contributed by atoms with Crippen LogP contribution in [0, 0.1) is 0 Å². The molecule has 2 heterocycles. The van der Waals surface area contributed by atoms with Gasteiger partial charge in [-0.3, -0.25) is 14.5 Å². The normalized spacial score (nSPS) is 19.9. The Morgan fingerprint density at radius 3 is 2.53 bits per heavy atom. The van der Waals surface area contributed by atoms with Crippen LogP contribution in [0.25, 0.3) is 5.76 Å². The number of carbonyl (C=O) groups excluding carboxylic acids is 2. The third kappa shape index (κ3) is 5.61. The molecule has 0 unspecified atom stereocenters. The zero-order valence-electron chi connectivity index (χ0n) is 20.5. The SMILES string of the molecule is C=CCOc1cccc([C@H]2/C(=C(\O)c3ccc(OCC)cc3)C(=O)C(=O)N2CCN2CCOCC2)c1. The van der Waals surface area contributed by atoms with Gasteiger partial charge in [0.1, 0.15) is 23.9 Å². The van der Waals surface area contributed by atoms with Crippen molar-refractivity contribution < 1.29 is 28.9 Å². The van der Waals surface area contributed by atoms with Crippen molar-refractivity contribution in [3.63, 3.8) is 0 Å². The quantitative estimate of drug-likeness (QED) is 0.235. The zero-order chi connectivity index (χ0) is 25.5. The Balaban J connectivity index is 1.72. The third-order valence-electron chi connectivity index (χ3n) is 6.28. The lowest BCUT2D eigenvalue weighted by atomic mass is 9.95. The Labute approximate surface area is 211 Å². The third-order valence-corrected chi connectivity index (χ3v) is 6.28. The average molecular weight is 493 g/mol. The summed E-state index contributed by atoms with van der Waals surface area (Å²) in [6.07, 6.45) is 1.65. The van der Waals surface area contributed by atoms with E-state index in [9.17, 15) is 14.7 Å². The topological polar surface area (TPSA) is 88.5 Å². The van der Waals surface area contributed by atoms with Gasteiger partial charge in [0.2, 0.25) is 0 Å². The van der Waals surface area contributed by atoms with E-state index in [1.165, 1.54) is 0 Å². The van der Waals surface area contributed by atoms with E-state index in [-0.39, 0.29) is 11.3 Å². The molecule has 2 aromatic rings. The van der Waals surface area contributed by atoms with E-state index in [1.54, 1.807) is 47.4 Å². The summed E-state index contributed by atoms with van der Waals surface area (Å²) in [5.41, 5.74) is 1.19. The van der Waals surface area contributed by atoms with Gasteiger partial charge in [0, 0.05) is 31.7 Å². The molecule has 8 heteroatoms. The molecule has 2 aromatic carbocycles. The van der Waals surface area contributed by atoms with E-state index in [2.05, 4.69) is 11.5 Å². The summed E-state index contributed by atoms with van der Waals surface area (Å²) in [7, 11) is 0. The van der Waals surface area contributed by atoms with Crippen LogP contribution in [0.3, 0.4) is 0 Å². The van der Waals surface area contributed by atoms with E-state index in [4.69, 9.17) is 14.2 Å². The Kier molecular flexibility index (Phi) is 8.40. The largest absolute Gasteiger partial charge is 0.507 e. The van der Waals surface area contributed by atoms with E-state index in [0.29, 0.717) is 62.1 Å². The van der Waals surface area contributed by atoms with Crippen LogP contribution in [0.5, 0.6) is 11.5 Å². The Morgan fingerprint density at radius 1 is 1.08 bits per heavy atom. The second kappa shape index (κ2) is 11.9. The van der Waals surface area contributed by atoms with Crippen molar-refractivity contribution in [3.05, 3.63) is 77.9 Å². The van der Waals surface area contributed by atoms with Gasteiger partial charge in [-0.15, -0.1) is 0 Å². The lowest BCUT2D eigenvalue weighted by Gasteiger charge is -2.31. The minimum atomic E-state index is -0.745. The van der Waals surface area contributed by atoms with Crippen LogP contribution in [0.4, 0.5) is 0 Å². The predicted octanol–water partition coefficient (Wildman–Crippen LogP) is 3.40. The summed E-state index contributed by atoms with van der Waals surface area (Å²) in [4.78, 5) is 30.3. The second-order valence-electron chi connectivity index (χ2n) is 8.58. The molecule has 190 valence electrons. The lowest BCUT2D eigenvalue weighted by Crippen LogP contribution is -2.42. The predicted molar refractivity (Wildman–Crippen MR) is 136 cm³/mol. The van der Waals surface area contributed by atoms with Crippen molar-refractivity contribution in [1.29, 1.82) is 0 Å². The molecule has 0 spiro atoms. The maximum Gasteiger partial charge on any atom is 0.295 e. The first kappa shape index (κ1) is 25.5. The number of amides is 1. The van der Waals surface area contributed by atoms with Crippen LogP contribution in [0.1, 0.15) is 24.1 Å². The minimum absolute atomic E-state index is 0.0620. The van der Waals surface area contributed by atoms with Gasteiger partial charge in [-0.1, -0.05) is 24.8 Å². The zero-order valence-corrected chi connectivity index (χ0v) is 20.5. The standard InChI is InChI=1S/C28H32N2O6/c1-3-16-36-23-7-5-6-21(19-23)25-24(26(31)20-8-10-22(11-9-20)35-4-2)27(32)28(33)30(25)13-12-29-14-17-34-18-15-29/h3,5-11,19,25,31H,1,4,12-18H2,2H3/b26-24+/t25-/m0/s1. The van der Waals surface area contributed by atoms with Gasteiger partial charge in [0.25, 0.3) is 11.7 Å². The highest BCUT2D eigenvalue weighted by molar-refractivity contribution is 6.46. The number of hydrogen-bond acceptors (Lipinski definition) is 7. The highest BCUT2D eigenvalue weighted by Gasteiger charge is 2.46. The average Bonchev–Trinajstić information content (AvgIpc) is 3.16. The fourth-order valence-electron chi connectivity index (χ4n) is 4.49. The molecule has 2 fully saturated rings. The number of ketones is 1. The van der Waals surface area contributed by atoms with Crippen LogP contribution in [0.2, 0.25) is 0 Å². The summed E-state index contributed by atoms with van der Waals surface area (Å²) < 4.78 is 16.6. The highest BCUT2D eigenvalue weighted by Crippen LogP contribution is 2.40. The lowest BCUT2D eigenvalue weighted by molar-refractivity contribution is -0.140. The van der Waals surface area contributed by atoms with Crippen molar-refractivity contribution in [3.8, 4) is 11.5 Å². The van der Waals surface area contributed by atoms with E-state index < -0.39 is 17.7 Å². The van der Waals surface area contributed by atoms with E-state index in [0.717, 1.165) is 13.1 Å². The number of likely N-dealkylation sites (tertiary alicyclic amines) is 1. The number of benzene rings is 2. The van der Waals surface area contributed by atoms with Crippen LogP contribution in [0.15, 0.2) is 66.8 Å². The van der Waals surface area contributed by atoms with Gasteiger partial charge < -0.3 is 24.2 Å². The summed E-state index contributed by atoms with van der Waals surface area (Å²) >= 11 is 0. The molecule has 0 aliphatic carbocycles. The molecular formula is C28H32N2O6. The van der Waals surface area contributed by atoms with E-state index >= 15 is 0 Å². The summed E-state index contributed by atoms with van der Waals surface area (Å²) in [5, 5.41) is 11.3. The van der Waals surface area contributed by atoms with Crippen molar-refractivity contribution >= 4 is 17.4 Å². The van der Waals surface area contributed by atoms with Gasteiger partial charge >= 0.3 is 0 Å². The molecule has 1 amide bonds. The van der Waals surface area contributed by atoms with Gasteiger partial charge in [-0.25, -0.2) is 0 Å². The number of Topliss-reactive ketones (excluding diaryl/α,β-unsaturated/α-hetero) is 1. The molecule has 1 N–H and O–H groups in total. The fourth-order valence-corrected chi connectivity index (χ4v) is 4.49. The number of morpholine rings is 1. The molecule has 8 nitrogen and oxygen atoms in total. The van der Waals surface area contributed by atoms with Crippen LogP contribution in [-0.2, 0) is 14.3 Å². The molecular weight excluding hydrogens is 460 g/mol. The first-order valence-corrected chi connectivity index (χ1v) is 12.2. The minimum Gasteiger partial charge on any atom is -0.507 e. The van der Waals surface area contributed by atoms with Crippen molar-refractivity contribution in [2.45, 2.75) is 13.0 Å². The van der Waals surface area contributed by atoms with E-state index in [1.807, 2.05) is 19.1 Å². The van der Waals surface area contributed by atoms with Gasteiger partial charge in [0.05, 0.1) is 31.4 Å². The Morgan fingerprint density at radius 2 is 1.83 bits per heavy atom. The van der Waals surface area contributed by atoms with Crippen molar-refractivity contribution in [2.75, 3.05) is 52.6 Å². The van der Waals surface area contributed by atoms with Crippen LogP contribution >= 0.6 is 0 Å².